The highest BCUT2D eigenvalue weighted by Gasteiger charge is 2.16. The van der Waals surface area contributed by atoms with Gasteiger partial charge in [-0.3, -0.25) is 14.2 Å². The Morgan fingerprint density at radius 1 is 1.12 bits per heavy atom. The Balaban J connectivity index is 1.58. The van der Waals surface area contributed by atoms with Crippen LogP contribution in [0.4, 0.5) is 5.69 Å². The van der Waals surface area contributed by atoms with Crippen LogP contribution in [0.15, 0.2) is 57.8 Å². The first kappa shape index (κ1) is 23.1. The molecule has 4 aromatic rings. The lowest BCUT2D eigenvalue weighted by Gasteiger charge is -2.14. The molecule has 2 aromatic carbocycles. The number of fused-ring (bicyclic) bond motifs is 1. The number of rotatable bonds is 7. The van der Waals surface area contributed by atoms with E-state index in [1.165, 1.54) is 23.1 Å². The third-order valence-corrected chi connectivity index (χ3v) is 7.17. The number of nitrogens with one attached hydrogen (secondary N) is 1. The zero-order chi connectivity index (χ0) is 23.5. The van der Waals surface area contributed by atoms with Crippen LogP contribution in [0.25, 0.3) is 10.2 Å². The highest BCUT2D eigenvalue weighted by atomic mass is 32.2. The predicted octanol–water partition coefficient (Wildman–Crippen LogP) is 5.17. The lowest BCUT2D eigenvalue weighted by molar-refractivity contribution is -0.113. The van der Waals surface area contributed by atoms with Crippen LogP contribution < -0.4 is 15.6 Å². The molecule has 0 fully saturated rings. The van der Waals surface area contributed by atoms with Crippen molar-refractivity contribution in [1.29, 1.82) is 0 Å². The van der Waals surface area contributed by atoms with E-state index < -0.39 is 0 Å². The van der Waals surface area contributed by atoms with Gasteiger partial charge in [-0.1, -0.05) is 41.6 Å². The fourth-order valence-corrected chi connectivity index (χ4v) is 5.35. The van der Waals surface area contributed by atoms with Crippen molar-refractivity contribution in [2.24, 2.45) is 0 Å². The lowest BCUT2D eigenvalue weighted by Crippen LogP contribution is -2.24. The van der Waals surface area contributed by atoms with Gasteiger partial charge in [-0.2, -0.15) is 0 Å². The Morgan fingerprint density at radius 2 is 1.82 bits per heavy atom. The molecule has 0 radical (unpaired) electrons. The van der Waals surface area contributed by atoms with Crippen LogP contribution in [-0.4, -0.2) is 28.3 Å². The van der Waals surface area contributed by atoms with Gasteiger partial charge in [-0.25, -0.2) is 4.98 Å². The summed E-state index contributed by atoms with van der Waals surface area (Å²) in [4.78, 5) is 30.6. The topological polar surface area (TPSA) is 73.2 Å². The minimum atomic E-state index is -0.134. The smallest absolute Gasteiger partial charge is 0.272 e. The number of amides is 1. The quantitative estimate of drug-likeness (QED) is 0.292. The molecule has 0 aliphatic carbocycles. The minimum absolute atomic E-state index is 0.0982. The molecule has 1 amide bonds. The molecule has 2 aromatic heterocycles. The zero-order valence-electron chi connectivity index (χ0n) is 19.0. The van der Waals surface area contributed by atoms with Gasteiger partial charge in [0, 0.05) is 5.69 Å². The van der Waals surface area contributed by atoms with E-state index in [9.17, 15) is 9.59 Å². The summed E-state index contributed by atoms with van der Waals surface area (Å²) >= 11 is 2.65. The maximum Gasteiger partial charge on any atom is 0.272 e. The number of aryl methyl sites for hydroxylation is 3. The Hall–Kier alpha value is -3.10. The number of carbonyl (C=O) groups excluding carboxylic acids is 1. The molecule has 6 nitrogen and oxygen atoms in total. The molecule has 0 spiro atoms. The predicted molar refractivity (Wildman–Crippen MR) is 136 cm³/mol. The number of nitrogens with zero attached hydrogens (tertiary/aromatic N) is 2. The maximum atomic E-state index is 13.2. The van der Waals surface area contributed by atoms with Crippen molar-refractivity contribution in [2.45, 2.75) is 32.5 Å². The molecule has 0 atom stereocenters. The van der Waals surface area contributed by atoms with E-state index in [0.717, 1.165) is 33.7 Å². The van der Waals surface area contributed by atoms with E-state index in [1.54, 1.807) is 11.7 Å². The number of hydrogen-bond donors (Lipinski definition) is 1. The molecular weight excluding hydrogens is 454 g/mol. The van der Waals surface area contributed by atoms with E-state index in [-0.39, 0.29) is 17.2 Å². The molecule has 0 saturated carbocycles. The first-order valence-electron chi connectivity index (χ1n) is 10.5. The summed E-state index contributed by atoms with van der Waals surface area (Å²) in [5.41, 5.74) is 5.56. The van der Waals surface area contributed by atoms with Crippen LogP contribution >= 0.6 is 23.1 Å². The Morgan fingerprint density at radius 3 is 2.48 bits per heavy atom. The lowest BCUT2D eigenvalue weighted by atomic mass is 10.1. The largest absolute Gasteiger partial charge is 0.497 e. The van der Waals surface area contributed by atoms with Crippen molar-refractivity contribution < 1.29 is 9.53 Å². The summed E-state index contributed by atoms with van der Waals surface area (Å²) < 4.78 is 7.48. The van der Waals surface area contributed by atoms with Gasteiger partial charge in [-0.05, 0) is 61.0 Å². The van der Waals surface area contributed by atoms with Crippen molar-refractivity contribution in [3.63, 3.8) is 0 Å². The molecule has 0 unspecified atom stereocenters. The average molecular weight is 480 g/mol. The first-order chi connectivity index (χ1) is 15.9. The summed E-state index contributed by atoms with van der Waals surface area (Å²) in [5, 5.41) is 5.40. The summed E-state index contributed by atoms with van der Waals surface area (Å²) in [5.74, 6) is 0.772. The number of thiophene rings is 1. The molecule has 4 rings (SSSR count). The van der Waals surface area contributed by atoms with Crippen molar-refractivity contribution in [2.75, 3.05) is 18.2 Å². The number of carbonyl (C=O) groups is 1. The van der Waals surface area contributed by atoms with Crippen LogP contribution in [0.1, 0.15) is 22.3 Å². The standard InChI is InChI=1S/C25H25N3O3S2/c1-15-11-16(2)22(17(3)12-15)27-21(29)14-33-25-26-20-9-10-32-23(20)24(30)28(25)13-18-5-7-19(31-4)8-6-18/h5-12H,13-14H2,1-4H3,(H,27,29). The number of thioether (sulfide) groups is 1. The van der Waals surface area contributed by atoms with E-state index in [1.807, 2.05) is 68.6 Å². The number of hydrogen-bond acceptors (Lipinski definition) is 6. The molecule has 0 bridgehead atoms. The summed E-state index contributed by atoms with van der Waals surface area (Å²) in [7, 11) is 1.62. The number of aromatic nitrogens is 2. The molecule has 2 heterocycles. The SMILES string of the molecule is COc1ccc(Cn2c(SCC(=O)Nc3c(C)cc(C)cc3C)nc3ccsc3c2=O)cc1. The van der Waals surface area contributed by atoms with Crippen LogP contribution in [-0.2, 0) is 11.3 Å². The Bertz CT molecular complexity index is 1350. The second-order valence-corrected chi connectivity index (χ2v) is 9.74. The molecule has 1 N–H and O–H groups in total. The fourth-order valence-electron chi connectivity index (χ4n) is 3.77. The normalized spacial score (nSPS) is 11.0. The van der Waals surface area contributed by atoms with Crippen LogP contribution in [0.5, 0.6) is 5.75 Å². The second-order valence-electron chi connectivity index (χ2n) is 7.88. The maximum absolute atomic E-state index is 13.2. The Kier molecular flexibility index (Phi) is 6.85. The van der Waals surface area contributed by atoms with Gasteiger partial charge in [0.2, 0.25) is 5.91 Å². The molecule has 170 valence electrons. The van der Waals surface area contributed by atoms with Crippen LogP contribution in [0, 0.1) is 20.8 Å². The first-order valence-corrected chi connectivity index (χ1v) is 12.3. The third-order valence-electron chi connectivity index (χ3n) is 5.30. The monoisotopic (exact) mass is 479 g/mol. The van der Waals surface area contributed by atoms with Crippen molar-refractivity contribution in [1.82, 2.24) is 9.55 Å². The molecule has 0 aliphatic rings. The summed E-state index contributed by atoms with van der Waals surface area (Å²) in [6.45, 7) is 6.38. The third kappa shape index (κ3) is 5.12. The molecule has 8 heteroatoms. The number of benzene rings is 2. The van der Waals surface area contributed by atoms with Gasteiger partial charge >= 0.3 is 0 Å². The number of anilines is 1. The Labute approximate surface area is 200 Å². The summed E-state index contributed by atoms with van der Waals surface area (Å²) in [6.07, 6.45) is 0. The summed E-state index contributed by atoms with van der Waals surface area (Å²) in [6, 6.07) is 13.5. The van der Waals surface area contributed by atoms with Gasteiger partial charge in [0.05, 0.1) is 24.9 Å². The van der Waals surface area contributed by atoms with Gasteiger partial charge in [0.1, 0.15) is 10.4 Å². The van der Waals surface area contributed by atoms with Gasteiger partial charge in [0.15, 0.2) is 5.16 Å². The molecule has 0 aliphatic heterocycles. The van der Waals surface area contributed by atoms with Crippen molar-refractivity contribution in [3.05, 3.63) is 80.5 Å². The van der Waals surface area contributed by atoms with Crippen LogP contribution in [0.2, 0.25) is 0 Å². The highest BCUT2D eigenvalue weighted by Crippen LogP contribution is 2.25. The second kappa shape index (κ2) is 9.80. The van der Waals surface area contributed by atoms with E-state index >= 15 is 0 Å². The fraction of sp³-hybridized carbons (Fsp3) is 0.240. The van der Waals surface area contributed by atoms with Gasteiger partial charge in [0.25, 0.3) is 5.56 Å². The van der Waals surface area contributed by atoms with Gasteiger partial charge in [-0.15, -0.1) is 11.3 Å². The number of methoxy groups -OCH3 is 1. The molecule has 0 saturated heterocycles. The van der Waals surface area contributed by atoms with Crippen molar-refractivity contribution >= 4 is 44.9 Å². The van der Waals surface area contributed by atoms with E-state index in [4.69, 9.17) is 4.74 Å². The van der Waals surface area contributed by atoms with Crippen molar-refractivity contribution in [3.8, 4) is 5.75 Å². The minimum Gasteiger partial charge on any atom is -0.497 e. The number of ether oxygens (including phenoxy) is 1. The van der Waals surface area contributed by atoms with Crippen LogP contribution in [0.3, 0.4) is 0 Å². The zero-order valence-corrected chi connectivity index (χ0v) is 20.6. The molecule has 33 heavy (non-hydrogen) atoms. The van der Waals surface area contributed by atoms with E-state index in [2.05, 4.69) is 10.3 Å². The van der Waals surface area contributed by atoms with E-state index in [0.29, 0.717) is 21.9 Å². The average Bonchev–Trinajstić information content (AvgIpc) is 3.26. The highest BCUT2D eigenvalue weighted by molar-refractivity contribution is 7.99. The van der Waals surface area contributed by atoms with Gasteiger partial charge < -0.3 is 10.1 Å². The molecular formula is C25H25N3O3S2.